The first-order valence-corrected chi connectivity index (χ1v) is 3.09. The maximum Gasteiger partial charge on any atom is 0.224 e. The number of halogens is 3. The molecule has 0 saturated carbocycles. The minimum absolute atomic E-state index is 0.305. The highest BCUT2D eigenvalue weighted by Crippen LogP contribution is 2.27. The second-order valence-corrected chi connectivity index (χ2v) is 3.63. The second-order valence-electron chi connectivity index (χ2n) is 1.26. The standard InChI is InChI=1S/C3H4Cl3N2O/c4-3(5,6)2(7)8-1-9/h1-2,7H,(H,8,9). The normalized spacial score (nSPS) is 14.7. The van der Waals surface area contributed by atoms with E-state index in [4.69, 9.17) is 40.5 Å². The van der Waals surface area contributed by atoms with Gasteiger partial charge in [0, 0.05) is 0 Å². The van der Waals surface area contributed by atoms with Crippen molar-refractivity contribution in [3.63, 3.8) is 0 Å². The Morgan fingerprint density at radius 1 is 1.56 bits per heavy atom. The maximum absolute atomic E-state index is 9.65. The number of hydrogen-bond donors (Lipinski definition) is 1. The van der Waals surface area contributed by atoms with Gasteiger partial charge in [-0.25, -0.2) is 5.73 Å². The molecule has 53 valence electrons. The Morgan fingerprint density at radius 3 is 2.11 bits per heavy atom. The molecule has 0 bridgehead atoms. The van der Waals surface area contributed by atoms with Crippen LogP contribution in [-0.2, 0) is 4.79 Å². The lowest BCUT2D eigenvalue weighted by atomic mass is 10.6. The molecule has 0 aromatic rings. The largest absolute Gasteiger partial charge is 0.338 e. The van der Waals surface area contributed by atoms with Gasteiger partial charge in [0.15, 0.2) is 0 Å². The van der Waals surface area contributed by atoms with E-state index < -0.39 is 9.96 Å². The van der Waals surface area contributed by atoms with Crippen LogP contribution >= 0.6 is 34.8 Å². The number of hydrogen-bond acceptors (Lipinski definition) is 1. The molecule has 0 fully saturated rings. The smallest absolute Gasteiger partial charge is 0.224 e. The number of amides is 1. The van der Waals surface area contributed by atoms with E-state index in [0.717, 1.165) is 0 Å². The van der Waals surface area contributed by atoms with Crippen molar-refractivity contribution in [3.05, 3.63) is 0 Å². The van der Waals surface area contributed by atoms with Crippen LogP contribution in [0, 0.1) is 0 Å². The van der Waals surface area contributed by atoms with Crippen molar-refractivity contribution in [1.29, 1.82) is 0 Å². The Hall–Kier alpha value is 0.300. The van der Waals surface area contributed by atoms with Gasteiger partial charge < -0.3 is 5.32 Å². The van der Waals surface area contributed by atoms with E-state index >= 15 is 0 Å². The Labute approximate surface area is 67.4 Å². The summed E-state index contributed by atoms with van der Waals surface area (Å²) in [6.45, 7) is 0. The summed E-state index contributed by atoms with van der Waals surface area (Å²) in [5.41, 5.74) is 6.89. The van der Waals surface area contributed by atoms with E-state index in [2.05, 4.69) is 0 Å². The van der Waals surface area contributed by atoms with E-state index in [0.29, 0.717) is 6.41 Å². The Balaban J connectivity index is 3.72. The Kier molecular flexibility index (Phi) is 3.58. The highest BCUT2D eigenvalue weighted by Gasteiger charge is 2.29. The predicted octanol–water partition coefficient (Wildman–Crippen LogP) is 0.712. The number of rotatable bonds is 2. The molecule has 1 atom stereocenters. The Bertz CT molecular complexity index is 102. The number of carbonyl (C=O) groups excluding carboxylic acids is 1. The van der Waals surface area contributed by atoms with Crippen LogP contribution < -0.4 is 11.1 Å². The van der Waals surface area contributed by atoms with E-state index in [1.807, 2.05) is 5.32 Å². The average molecular weight is 190 g/mol. The summed E-state index contributed by atoms with van der Waals surface area (Å²) in [7, 11) is 0. The van der Waals surface area contributed by atoms with E-state index in [9.17, 15) is 4.79 Å². The van der Waals surface area contributed by atoms with Crippen LogP contribution in [0.2, 0.25) is 0 Å². The van der Waals surface area contributed by atoms with Gasteiger partial charge in [-0.3, -0.25) is 4.79 Å². The van der Waals surface area contributed by atoms with Crippen LogP contribution in [0.15, 0.2) is 0 Å². The third kappa shape index (κ3) is 3.81. The quantitative estimate of drug-likeness (QED) is 0.506. The molecular weight excluding hydrogens is 186 g/mol. The van der Waals surface area contributed by atoms with Crippen molar-refractivity contribution in [2.24, 2.45) is 0 Å². The minimum Gasteiger partial charge on any atom is -0.338 e. The monoisotopic (exact) mass is 189 g/mol. The highest BCUT2D eigenvalue weighted by molar-refractivity contribution is 6.68. The van der Waals surface area contributed by atoms with Gasteiger partial charge in [0.1, 0.15) is 6.17 Å². The Morgan fingerprint density at radius 2 is 2.00 bits per heavy atom. The molecule has 1 unspecified atom stereocenters. The zero-order chi connectivity index (χ0) is 7.49. The number of nitrogens with one attached hydrogen (secondary N) is 2. The van der Waals surface area contributed by atoms with Gasteiger partial charge in [-0.2, -0.15) is 0 Å². The molecule has 0 heterocycles. The summed E-state index contributed by atoms with van der Waals surface area (Å²) in [5, 5.41) is 1.98. The molecule has 0 aliphatic carbocycles. The topological polar surface area (TPSA) is 52.9 Å². The first-order valence-electron chi connectivity index (χ1n) is 1.96. The molecule has 0 aromatic carbocycles. The fourth-order valence-corrected chi connectivity index (χ4v) is 0.352. The second kappa shape index (κ2) is 3.46. The van der Waals surface area contributed by atoms with Crippen molar-refractivity contribution in [3.8, 4) is 0 Å². The van der Waals surface area contributed by atoms with Crippen molar-refractivity contribution in [1.82, 2.24) is 11.1 Å². The molecule has 9 heavy (non-hydrogen) atoms. The van der Waals surface area contributed by atoms with Gasteiger partial charge in [0.25, 0.3) is 0 Å². The minimum atomic E-state index is -1.75. The van der Waals surface area contributed by atoms with E-state index in [1.54, 1.807) is 0 Å². The van der Waals surface area contributed by atoms with Gasteiger partial charge >= 0.3 is 0 Å². The van der Waals surface area contributed by atoms with Crippen LogP contribution in [0.4, 0.5) is 0 Å². The first-order chi connectivity index (χ1) is 3.98. The first kappa shape index (κ1) is 9.30. The van der Waals surface area contributed by atoms with Gasteiger partial charge in [0.2, 0.25) is 10.2 Å². The van der Waals surface area contributed by atoms with Crippen molar-refractivity contribution in [2.75, 3.05) is 0 Å². The van der Waals surface area contributed by atoms with Crippen molar-refractivity contribution >= 4 is 41.2 Å². The van der Waals surface area contributed by atoms with Crippen molar-refractivity contribution in [2.45, 2.75) is 9.96 Å². The summed E-state index contributed by atoms with van der Waals surface area (Å²) in [6.07, 6.45) is -0.903. The maximum atomic E-state index is 9.65. The van der Waals surface area contributed by atoms with Crippen molar-refractivity contribution < 1.29 is 4.79 Å². The molecule has 0 spiro atoms. The van der Waals surface area contributed by atoms with Crippen LogP contribution in [0.1, 0.15) is 0 Å². The average Bonchev–Trinajstić information content (AvgIpc) is 1.64. The van der Waals surface area contributed by atoms with Gasteiger partial charge in [-0.05, 0) is 0 Å². The van der Waals surface area contributed by atoms with Gasteiger partial charge in [-0.1, -0.05) is 34.8 Å². The summed E-state index contributed by atoms with van der Waals surface area (Å²) >= 11 is 15.6. The molecule has 0 aliphatic heterocycles. The third-order valence-corrected chi connectivity index (χ3v) is 1.22. The van der Waals surface area contributed by atoms with Gasteiger partial charge in [0.05, 0.1) is 0 Å². The molecule has 0 aromatic heterocycles. The summed E-state index contributed by atoms with van der Waals surface area (Å²) in [5.74, 6) is 0. The lowest BCUT2D eigenvalue weighted by molar-refractivity contribution is -0.110. The zero-order valence-corrected chi connectivity index (χ0v) is 6.46. The van der Waals surface area contributed by atoms with Crippen LogP contribution in [0.25, 0.3) is 0 Å². The van der Waals surface area contributed by atoms with Gasteiger partial charge in [-0.15, -0.1) is 0 Å². The molecule has 3 nitrogen and oxygen atoms in total. The lowest BCUT2D eigenvalue weighted by Gasteiger charge is -2.16. The van der Waals surface area contributed by atoms with Crippen LogP contribution in [0.5, 0.6) is 0 Å². The number of alkyl halides is 3. The third-order valence-electron chi connectivity index (χ3n) is 0.562. The summed E-state index contributed by atoms with van der Waals surface area (Å²) in [4.78, 5) is 9.65. The molecule has 0 aliphatic rings. The fourth-order valence-electron chi connectivity index (χ4n) is 0.163. The summed E-state index contributed by atoms with van der Waals surface area (Å²) < 4.78 is -1.75. The molecule has 1 amide bonds. The summed E-state index contributed by atoms with van der Waals surface area (Å²) in [6, 6.07) is 0. The fraction of sp³-hybridized carbons (Fsp3) is 0.667. The molecule has 1 radical (unpaired) electrons. The SMILES string of the molecule is [NH]C(NC=O)C(Cl)(Cl)Cl. The van der Waals surface area contributed by atoms with Crippen LogP contribution in [-0.4, -0.2) is 16.4 Å². The lowest BCUT2D eigenvalue weighted by Crippen LogP contribution is -2.40. The molecule has 0 rings (SSSR count). The van der Waals surface area contributed by atoms with Crippen LogP contribution in [0.3, 0.4) is 0 Å². The predicted molar refractivity (Wildman–Crippen MR) is 36.4 cm³/mol. The van der Waals surface area contributed by atoms with E-state index in [1.165, 1.54) is 0 Å². The van der Waals surface area contributed by atoms with E-state index in [-0.39, 0.29) is 0 Å². The molecule has 0 saturated heterocycles. The zero-order valence-electron chi connectivity index (χ0n) is 4.20. The number of carbonyl (C=O) groups is 1. The highest BCUT2D eigenvalue weighted by atomic mass is 35.6. The molecular formula is C3H4Cl3N2O. The molecule has 2 N–H and O–H groups in total. The molecule has 6 heteroatoms.